The van der Waals surface area contributed by atoms with Crippen LogP contribution in [0.5, 0.6) is 0 Å². The third kappa shape index (κ3) is 2.82. The van der Waals surface area contributed by atoms with Gasteiger partial charge in [0, 0.05) is 13.1 Å². The van der Waals surface area contributed by atoms with Gasteiger partial charge in [0.1, 0.15) is 5.01 Å². The van der Waals surface area contributed by atoms with Crippen molar-refractivity contribution in [3.8, 4) is 0 Å². The molecule has 0 radical (unpaired) electrons. The van der Waals surface area contributed by atoms with E-state index >= 15 is 0 Å². The lowest BCUT2D eigenvalue weighted by molar-refractivity contribution is -0.140. The lowest BCUT2D eigenvalue weighted by Gasteiger charge is -2.38. The topological polar surface area (TPSA) is 104 Å². The Balaban J connectivity index is 1.32. The highest BCUT2D eigenvalue weighted by molar-refractivity contribution is 7.15. The summed E-state index contributed by atoms with van der Waals surface area (Å²) >= 11 is 1.28. The van der Waals surface area contributed by atoms with Crippen LogP contribution < -0.4 is 10.6 Å². The molecule has 2 heterocycles. The molecule has 3 aliphatic carbocycles. The summed E-state index contributed by atoms with van der Waals surface area (Å²) in [5, 5.41) is 14.0. The predicted molar refractivity (Wildman–Crippen MR) is 90.7 cm³/mol. The molecule has 132 valence electrons. The summed E-state index contributed by atoms with van der Waals surface area (Å²) in [6, 6.07) is -0.422. The normalized spacial score (nSPS) is 29.9. The van der Waals surface area contributed by atoms with Gasteiger partial charge in [-0.3, -0.25) is 19.8 Å². The highest BCUT2D eigenvalue weighted by Crippen LogP contribution is 2.49. The van der Waals surface area contributed by atoms with Crippen molar-refractivity contribution in [3.63, 3.8) is 0 Å². The SMILES string of the molecule is Cc1nnc(NC(=O)NCCN2C(=O)[C@@H]3[C@@H](C2=O)[C@H]2C=C[C@H]3CC2)s1. The van der Waals surface area contributed by atoms with E-state index in [0.29, 0.717) is 5.13 Å². The van der Waals surface area contributed by atoms with Crippen LogP contribution >= 0.6 is 11.3 Å². The fraction of sp³-hybridized carbons (Fsp3) is 0.562. The summed E-state index contributed by atoms with van der Waals surface area (Å²) in [6.45, 7) is 2.21. The quantitative estimate of drug-likeness (QED) is 0.619. The minimum absolute atomic E-state index is 0.0870. The number of amides is 4. The zero-order valence-corrected chi connectivity index (χ0v) is 14.6. The molecule has 1 saturated carbocycles. The average Bonchev–Trinajstić information content (AvgIpc) is 3.13. The number of hydrogen-bond donors (Lipinski definition) is 2. The molecule has 0 unspecified atom stereocenters. The molecule has 9 heteroatoms. The first-order valence-electron chi connectivity index (χ1n) is 8.43. The van der Waals surface area contributed by atoms with Crippen LogP contribution in [0.15, 0.2) is 12.2 Å². The van der Waals surface area contributed by atoms with Crippen molar-refractivity contribution in [1.82, 2.24) is 20.4 Å². The Morgan fingerprint density at radius 2 is 1.84 bits per heavy atom. The summed E-state index contributed by atoms with van der Waals surface area (Å²) in [4.78, 5) is 38.4. The van der Waals surface area contributed by atoms with Gasteiger partial charge in [0.2, 0.25) is 16.9 Å². The second kappa shape index (κ2) is 6.21. The predicted octanol–water partition coefficient (Wildman–Crippen LogP) is 1.17. The molecule has 0 spiro atoms. The molecule has 1 saturated heterocycles. The van der Waals surface area contributed by atoms with Crippen molar-refractivity contribution in [2.45, 2.75) is 19.8 Å². The smallest absolute Gasteiger partial charge is 0.321 e. The minimum Gasteiger partial charge on any atom is -0.336 e. The monoisotopic (exact) mass is 361 g/mol. The van der Waals surface area contributed by atoms with Crippen LogP contribution in [0.25, 0.3) is 0 Å². The lowest BCUT2D eigenvalue weighted by Crippen LogP contribution is -2.40. The Labute approximate surface area is 148 Å². The van der Waals surface area contributed by atoms with Crippen molar-refractivity contribution < 1.29 is 14.4 Å². The Bertz CT molecular complexity index is 729. The zero-order chi connectivity index (χ0) is 17.6. The molecule has 0 aromatic carbocycles. The maximum Gasteiger partial charge on any atom is 0.321 e. The van der Waals surface area contributed by atoms with Crippen LogP contribution in [0, 0.1) is 30.6 Å². The van der Waals surface area contributed by atoms with Gasteiger partial charge < -0.3 is 5.32 Å². The number of aromatic nitrogens is 2. The molecule has 5 rings (SSSR count). The molecular weight excluding hydrogens is 342 g/mol. The lowest BCUT2D eigenvalue weighted by atomic mass is 9.63. The largest absolute Gasteiger partial charge is 0.336 e. The van der Waals surface area contributed by atoms with E-state index in [1.165, 1.54) is 16.2 Å². The van der Waals surface area contributed by atoms with Crippen molar-refractivity contribution in [2.24, 2.45) is 23.7 Å². The molecule has 2 bridgehead atoms. The fourth-order valence-corrected chi connectivity index (χ4v) is 4.71. The van der Waals surface area contributed by atoms with Crippen molar-refractivity contribution >= 4 is 34.3 Å². The molecule has 1 aromatic rings. The van der Waals surface area contributed by atoms with Crippen molar-refractivity contribution in [1.29, 1.82) is 0 Å². The number of urea groups is 1. The minimum atomic E-state index is -0.422. The summed E-state index contributed by atoms with van der Waals surface area (Å²) in [5.41, 5.74) is 0. The summed E-state index contributed by atoms with van der Waals surface area (Å²) in [7, 11) is 0. The Morgan fingerprint density at radius 1 is 1.20 bits per heavy atom. The molecule has 2 N–H and O–H groups in total. The maximum atomic E-state index is 12.6. The van der Waals surface area contributed by atoms with E-state index in [9.17, 15) is 14.4 Å². The third-order valence-electron chi connectivity index (χ3n) is 5.22. The Morgan fingerprint density at radius 3 is 2.36 bits per heavy atom. The van der Waals surface area contributed by atoms with Gasteiger partial charge in [-0.05, 0) is 31.6 Å². The summed E-state index contributed by atoms with van der Waals surface area (Å²) in [5.74, 6) is -0.197. The van der Waals surface area contributed by atoms with Gasteiger partial charge in [-0.15, -0.1) is 10.2 Å². The van der Waals surface area contributed by atoms with Gasteiger partial charge in [-0.2, -0.15) is 0 Å². The number of likely N-dealkylation sites (tertiary alicyclic amines) is 1. The van der Waals surface area contributed by atoms with E-state index in [1.807, 2.05) is 0 Å². The number of carbonyl (C=O) groups is 3. The highest BCUT2D eigenvalue weighted by atomic mass is 32.1. The van der Waals surface area contributed by atoms with Gasteiger partial charge >= 0.3 is 6.03 Å². The van der Waals surface area contributed by atoms with Crippen molar-refractivity contribution in [2.75, 3.05) is 18.4 Å². The van der Waals surface area contributed by atoms with Crippen LogP contribution in [0.3, 0.4) is 0 Å². The average molecular weight is 361 g/mol. The zero-order valence-electron chi connectivity index (χ0n) is 13.8. The fourth-order valence-electron chi connectivity index (χ4n) is 4.13. The van der Waals surface area contributed by atoms with Gasteiger partial charge in [0.15, 0.2) is 0 Å². The Kier molecular flexibility index (Phi) is 4.03. The number of hydrogen-bond acceptors (Lipinski definition) is 6. The van der Waals surface area contributed by atoms with Gasteiger partial charge in [-0.1, -0.05) is 23.5 Å². The van der Waals surface area contributed by atoms with Crippen LogP contribution in [-0.2, 0) is 9.59 Å². The maximum absolute atomic E-state index is 12.6. The van der Waals surface area contributed by atoms with Crippen LogP contribution in [0.4, 0.5) is 9.93 Å². The standard InChI is InChI=1S/C16H19N5O3S/c1-8-19-20-16(25-8)18-15(24)17-6-7-21-13(22)11-9-2-3-10(5-4-9)12(11)14(21)23/h2-3,9-12H,4-7H2,1H3,(H2,17,18,20,24)/t9-,10-,11-,12-/m0/s1. The summed E-state index contributed by atoms with van der Waals surface area (Å²) in [6.07, 6.45) is 6.16. The molecule has 4 aliphatic rings. The van der Waals surface area contributed by atoms with E-state index in [1.54, 1.807) is 6.92 Å². The van der Waals surface area contributed by atoms with Crippen LogP contribution in [0.1, 0.15) is 17.8 Å². The number of imide groups is 1. The van der Waals surface area contributed by atoms with E-state index in [0.717, 1.165) is 17.8 Å². The van der Waals surface area contributed by atoms with Gasteiger partial charge in [0.25, 0.3) is 0 Å². The Hall–Kier alpha value is -2.29. The molecule has 25 heavy (non-hydrogen) atoms. The molecule has 4 amide bonds. The molecular formula is C16H19N5O3S. The highest BCUT2D eigenvalue weighted by Gasteiger charge is 2.56. The van der Waals surface area contributed by atoms with Crippen LogP contribution in [0.2, 0.25) is 0 Å². The molecule has 4 atom stereocenters. The second-order valence-corrected chi connectivity index (χ2v) is 7.86. The first-order chi connectivity index (χ1) is 12.0. The van der Waals surface area contributed by atoms with E-state index in [4.69, 9.17) is 0 Å². The third-order valence-corrected chi connectivity index (χ3v) is 5.97. The number of anilines is 1. The number of nitrogens with zero attached hydrogens (tertiary/aromatic N) is 3. The molecule has 1 aromatic heterocycles. The first kappa shape index (κ1) is 16.2. The van der Waals surface area contributed by atoms with Gasteiger partial charge in [0.05, 0.1) is 11.8 Å². The number of rotatable bonds is 4. The molecule has 2 fully saturated rings. The second-order valence-electron chi connectivity index (χ2n) is 6.68. The number of aryl methyl sites for hydroxylation is 1. The molecule has 8 nitrogen and oxygen atoms in total. The summed E-state index contributed by atoms with van der Waals surface area (Å²) < 4.78 is 0. The van der Waals surface area contributed by atoms with Gasteiger partial charge in [-0.25, -0.2) is 4.79 Å². The first-order valence-corrected chi connectivity index (χ1v) is 9.25. The number of nitrogens with one attached hydrogen (secondary N) is 2. The van der Waals surface area contributed by atoms with Crippen molar-refractivity contribution in [3.05, 3.63) is 17.2 Å². The van der Waals surface area contributed by atoms with E-state index < -0.39 is 6.03 Å². The van der Waals surface area contributed by atoms with Crippen LogP contribution in [-0.4, -0.2) is 46.0 Å². The number of fused-ring (bicyclic) bond motifs is 1. The number of allylic oxidation sites excluding steroid dienone is 2. The van der Waals surface area contributed by atoms with E-state index in [-0.39, 0.29) is 48.6 Å². The number of carbonyl (C=O) groups excluding carboxylic acids is 3. The van der Waals surface area contributed by atoms with E-state index in [2.05, 4.69) is 33.0 Å². The molecule has 1 aliphatic heterocycles.